The maximum absolute atomic E-state index is 10.7. The molecule has 0 aliphatic carbocycles. The maximum atomic E-state index is 10.7. The molecule has 0 saturated carbocycles. The fourth-order valence-corrected chi connectivity index (χ4v) is 0.960. The molecule has 14 heavy (non-hydrogen) atoms. The average Bonchev–Trinajstić information content (AvgIpc) is 2.01. The van der Waals surface area contributed by atoms with E-state index in [1.807, 2.05) is 0 Å². The monoisotopic (exact) mass is 193 g/mol. The van der Waals surface area contributed by atoms with Gasteiger partial charge in [0.25, 0.3) is 0 Å². The Morgan fingerprint density at radius 1 is 1.21 bits per heavy atom. The van der Waals surface area contributed by atoms with Crippen LogP contribution >= 0.6 is 0 Å². The van der Waals surface area contributed by atoms with E-state index in [2.05, 4.69) is 15.6 Å². The molecule has 0 aliphatic rings. The fourth-order valence-electron chi connectivity index (χ4n) is 0.960. The SMILES string of the molecule is CC(=O)Nc1ccnc(NC(C)=O)c1. The molecule has 74 valence electrons. The first-order valence-corrected chi connectivity index (χ1v) is 4.09. The number of anilines is 2. The highest BCUT2D eigenvalue weighted by molar-refractivity contribution is 5.91. The molecular weight excluding hydrogens is 182 g/mol. The molecule has 0 aromatic carbocycles. The highest BCUT2D eigenvalue weighted by atomic mass is 16.2. The molecule has 1 aromatic heterocycles. The van der Waals surface area contributed by atoms with Gasteiger partial charge < -0.3 is 10.6 Å². The van der Waals surface area contributed by atoms with Gasteiger partial charge in [-0.15, -0.1) is 0 Å². The molecule has 0 atom stereocenters. The first-order chi connectivity index (χ1) is 6.58. The van der Waals surface area contributed by atoms with Gasteiger partial charge in [-0.1, -0.05) is 0 Å². The Bertz CT molecular complexity index is 332. The van der Waals surface area contributed by atoms with E-state index >= 15 is 0 Å². The molecule has 1 rings (SSSR count). The van der Waals surface area contributed by atoms with Crippen molar-refractivity contribution in [3.63, 3.8) is 0 Å². The van der Waals surface area contributed by atoms with Crippen LogP contribution in [0.25, 0.3) is 0 Å². The second-order valence-electron chi connectivity index (χ2n) is 2.79. The van der Waals surface area contributed by atoms with Crippen molar-refractivity contribution in [2.24, 2.45) is 0 Å². The van der Waals surface area contributed by atoms with Crippen molar-refractivity contribution in [3.05, 3.63) is 18.3 Å². The number of hydrogen-bond acceptors (Lipinski definition) is 3. The number of carbonyl (C=O) groups excluding carboxylic acids is 2. The van der Waals surface area contributed by atoms with E-state index in [-0.39, 0.29) is 11.8 Å². The van der Waals surface area contributed by atoms with Crippen molar-refractivity contribution in [2.45, 2.75) is 13.8 Å². The summed E-state index contributed by atoms with van der Waals surface area (Å²) < 4.78 is 0. The molecule has 2 amide bonds. The van der Waals surface area contributed by atoms with Crippen LogP contribution in [0.2, 0.25) is 0 Å². The van der Waals surface area contributed by atoms with Crippen LogP contribution in [0, 0.1) is 0 Å². The smallest absolute Gasteiger partial charge is 0.222 e. The highest BCUT2D eigenvalue weighted by Crippen LogP contribution is 2.11. The zero-order valence-electron chi connectivity index (χ0n) is 8.00. The van der Waals surface area contributed by atoms with Crippen LogP contribution in [0.15, 0.2) is 18.3 Å². The Balaban J connectivity index is 2.78. The second kappa shape index (κ2) is 4.36. The molecule has 0 unspecified atom stereocenters. The number of aromatic nitrogens is 1. The van der Waals surface area contributed by atoms with E-state index in [9.17, 15) is 9.59 Å². The minimum atomic E-state index is -0.197. The van der Waals surface area contributed by atoms with E-state index in [1.165, 1.54) is 20.0 Å². The van der Waals surface area contributed by atoms with Gasteiger partial charge in [0.15, 0.2) is 0 Å². The molecule has 0 bridgehead atoms. The van der Waals surface area contributed by atoms with Gasteiger partial charge in [-0.05, 0) is 6.07 Å². The third-order valence-corrected chi connectivity index (χ3v) is 1.38. The van der Waals surface area contributed by atoms with E-state index < -0.39 is 0 Å². The lowest BCUT2D eigenvalue weighted by Crippen LogP contribution is -2.09. The van der Waals surface area contributed by atoms with E-state index in [0.717, 1.165) is 0 Å². The Hall–Kier alpha value is -1.91. The largest absolute Gasteiger partial charge is 0.326 e. The van der Waals surface area contributed by atoms with Gasteiger partial charge in [-0.3, -0.25) is 9.59 Å². The summed E-state index contributed by atoms with van der Waals surface area (Å²) >= 11 is 0. The van der Waals surface area contributed by atoms with Gasteiger partial charge in [-0.25, -0.2) is 4.98 Å². The quantitative estimate of drug-likeness (QED) is 0.736. The molecule has 0 fully saturated rings. The van der Waals surface area contributed by atoms with Crippen LogP contribution in [-0.4, -0.2) is 16.8 Å². The van der Waals surface area contributed by atoms with Crippen molar-refractivity contribution >= 4 is 23.3 Å². The lowest BCUT2D eigenvalue weighted by molar-refractivity contribution is -0.115. The number of hydrogen-bond donors (Lipinski definition) is 2. The number of pyridine rings is 1. The molecule has 1 aromatic rings. The Kier molecular flexibility index (Phi) is 3.17. The van der Waals surface area contributed by atoms with E-state index in [4.69, 9.17) is 0 Å². The Labute approximate surface area is 81.5 Å². The fraction of sp³-hybridized carbons (Fsp3) is 0.222. The van der Waals surface area contributed by atoms with Crippen LogP contribution < -0.4 is 10.6 Å². The first kappa shape index (κ1) is 10.2. The van der Waals surface area contributed by atoms with Crippen LogP contribution in [0.4, 0.5) is 11.5 Å². The Morgan fingerprint density at radius 2 is 1.86 bits per heavy atom. The summed E-state index contributed by atoms with van der Waals surface area (Å²) in [5, 5.41) is 5.11. The van der Waals surface area contributed by atoms with Crippen molar-refractivity contribution in [1.82, 2.24) is 4.98 Å². The van der Waals surface area contributed by atoms with Crippen LogP contribution in [0.3, 0.4) is 0 Å². The number of rotatable bonds is 2. The third-order valence-electron chi connectivity index (χ3n) is 1.38. The number of nitrogens with zero attached hydrogens (tertiary/aromatic N) is 1. The predicted molar refractivity (Wildman–Crippen MR) is 52.8 cm³/mol. The van der Waals surface area contributed by atoms with Gasteiger partial charge in [0.1, 0.15) is 5.82 Å². The summed E-state index contributed by atoms with van der Waals surface area (Å²) in [5.41, 5.74) is 0.608. The van der Waals surface area contributed by atoms with Gasteiger partial charge >= 0.3 is 0 Å². The van der Waals surface area contributed by atoms with Crippen molar-refractivity contribution in [1.29, 1.82) is 0 Å². The predicted octanol–water partition coefficient (Wildman–Crippen LogP) is 0.998. The lowest BCUT2D eigenvalue weighted by Gasteiger charge is -2.04. The molecule has 2 N–H and O–H groups in total. The summed E-state index contributed by atoms with van der Waals surface area (Å²) in [6.45, 7) is 2.81. The summed E-state index contributed by atoms with van der Waals surface area (Å²) in [6, 6.07) is 3.23. The van der Waals surface area contributed by atoms with Gasteiger partial charge in [0.05, 0.1) is 0 Å². The van der Waals surface area contributed by atoms with E-state index in [1.54, 1.807) is 12.1 Å². The summed E-state index contributed by atoms with van der Waals surface area (Å²) in [5.74, 6) is 0.0613. The van der Waals surface area contributed by atoms with Crippen LogP contribution in [0.5, 0.6) is 0 Å². The first-order valence-electron chi connectivity index (χ1n) is 4.09. The minimum Gasteiger partial charge on any atom is -0.326 e. The minimum absolute atomic E-state index is 0.162. The lowest BCUT2D eigenvalue weighted by atomic mass is 10.4. The highest BCUT2D eigenvalue weighted by Gasteiger charge is 1.99. The molecular formula is C9H11N3O2. The molecule has 0 radical (unpaired) electrons. The van der Waals surface area contributed by atoms with Gasteiger partial charge in [0.2, 0.25) is 11.8 Å². The van der Waals surface area contributed by atoms with Crippen LogP contribution in [-0.2, 0) is 9.59 Å². The molecule has 5 heteroatoms. The normalized spacial score (nSPS) is 9.29. The van der Waals surface area contributed by atoms with E-state index in [0.29, 0.717) is 11.5 Å². The van der Waals surface area contributed by atoms with Crippen molar-refractivity contribution in [3.8, 4) is 0 Å². The summed E-state index contributed by atoms with van der Waals surface area (Å²) in [4.78, 5) is 25.3. The molecule has 0 aliphatic heterocycles. The zero-order chi connectivity index (χ0) is 10.6. The number of carbonyl (C=O) groups is 2. The molecule has 5 nitrogen and oxygen atoms in total. The molecule has 0 saturated heterocycles. The Morgan fingerprint density at radius 3 is 2.43 bits per heavy atom. The van der Waals surface area contributed by atoms with Gasteiger partial charge in [-0.2, -0.15) is 0 Å². The van der Waals surface area contributed by atoms with Gasteiger partial charge in [0, 0.05) is 31.8 Å². The standard InChI is InChI=1S/C9H11N3O2/c1-6(13)11-8-3-4-10-9(5-8)12-7(2)14/h3-5H,1-2H3,(H2,10,11,12,13,14). The topological polar surface area (TPSA) is 71.1 Å². The number of amides is 2. The van der Waals surface area contributed by atoms with Crippen molar-refractivity contribution < 1.29 is 9.59 Å². The second-order valence-corrected chi connectivity index (χ2v) is 2.79. The average molecular weight is 193 g/mol. The number of nitrogens with one attached hydrogen (secondary N) is 2. The summed E-state index contributed by atoms with van der Waals surface area (Å²) in [6.07, 6.45) is 1.51. The van der Waals surface area contributed by atoms with Crippen LogP contribution in [0.1, 0.15) is 13.8 Å². The van der Waals surface area contributed by atoms with Crippen molar-refractivity contribution in [2.75, 3.05) is 10.6 Å². The summed E-state index contributed by atoms with van der Waals surface area (Å²) in [7, 11) is 0. The molecule has 1 heterocycles. The zero-order valence-corrected chi connectivity index (χ0v) is 8.00. The maximum Gasteiger partial charge on any atom is 0.222 e. The third kappa shape index (κ3) is 3.22. The molecule has 0 spiro atoms.